The quantitative estimate of drug-likeness (QED) is 0.943. The lowest BCUT2D eigenvalue weighted by Gasteiger charge is -2.19. The molecule has 0 fully saturated rings. The molecule has 0 unspecified atom stereocenters. The average molecular weight is 311 g/mol. The topological polar surface area (TPSA) is 34.1 Å². The number of hydrogen-bond donors (Lipinski definition) is 1. The highest BCUT2D eigenvalue weighted by Crippen LogP contribution is 2.35. The Balaban J connectivity index is 0.00000147. The fraction of sp³-hybridized carbons (Fsp3) is 0.400. The molecule has 3 rings (SSSR count). The monoisotopic (exact) mass is 310 g/mol. The molecule has 2 aromatic rings. The van der Waals surface area contributed by atoms with E-state index in [2.05, 4.69) is 28.5 Å². The molecule has 0 radical (unpaired) electrons. The van der Waals surface area contributed by atoms with E-state index >= 15 is 0 Å². The van der Waals surface area contributed by atoms with Crippen LogP contribution in [-0.4, -0.2) is 25.2 Å². The summed E-state index contributed by atoms with van der Waals surface area (Å²) in [6.45, 7) is 1.70. The largest absolute Gasteiger partial charge is 0.372 e. The second-order valence-electron chi connectivity index (χ2n) is 4.76. The number of hydrogen-bond acceptors (Lipinski definition) is 4. The molecular formula is C15H19ClN2OS. The fourth-order valence-corrected chi connectivity index (χ4v) is 3.36. The van der Waals surface area contributed by atoms with E-state index in [-0.39, 0.29) is 18.5 Å². The maximum atomic E-state index is 5.97. The number of rotatable bonds is 3. The van der Waals surface area contributed by atoms with Crippen LogP contribution >= 0.6 is 23.7 Å². The molecule has 1 aliphatic heterocycles. The number of nitrogens with one attached hydrogen (secondary N) is 1. The molecule has 0 bridgehead atoms. The first-order valence-electron chi connectivity index (χ1n) is 6.67. The number of benzene rings is 1. The van der Waals surface area contributed by atoms with Crippen LogP contribution in [0.3, 0.4) is 0 Å². The fourth-order valence-electron chi connectivity index (χ4n) is 2.68. The standard InChI is InChI=1S/C15H18N2OS.ClH/c1-16-8-14-12-4-2-5-13(15-9-17-10-19-15)11(12)6-3-7-18-14;/h2,4-5,9-10,14,16H,3,6-8H2,1H3;1H/t14-;/m0./s1. The van der Waals surface area contributed by atoms with Gasteiger partial charge in [-0.1, -0.05) is 18.2 Å². The Morgan fingerprint density at radius 1 is 1.45 bits per heavy atom. The molecule has 0 spiro atoms. The number of fused-ring (bicyclic) bond motifs is 1. The van der Waals surface area contributed by atoms with Gasteiger partial charge in [-0.3, -0.25) is 4.98 Å². The van der Waals surface area contributed by atoms with Crippen LogP contribution in [0.2, 0.25) is 0 Å². The van der Waals surface area contributed by atoms with Crippen molar-refractivity contribution in [3.63, 3.8) is 0 Å². The number of likely N-dealkylation sites (N-methyl/N-ethyl adjacent to an activating group) is 1. The van der Waals surface area contributed by atoms with Gasteiger partial charge in [-0.15, -0.1) is 23.7 Å². The van der Waals surface area contributed by atoms with E-state index < -0.39 is 0 Å². The van der Waals surface area contributed by atoms with Gasteiger partial charge in [0.15, 0.2) is 0 Å². The molecule has 0 saturated carbocycles. The average Bonchev–Trinajstić information content (AvgIpc) is 2.89. The van der Waals surface area contributed by atoms with E-state index in [0.29, 0.717) is 0 Å². The predicted octanol–water partition coefficient (Wildman–Crippen LogP) is 3.46. The van der Waals surface area contributed by atoms with Crippen LogP contribution in [-0.2, 0) is 11.2 Å². The van der Waals surface area contributed by atoms with Crippen molar-refractivity contribution in [3.05, 3.63) is 41.0 Å². The number of aromatic nitrogens is 1. The maximum absolute atomic E-state index is 5.97. The van der Waals surface area contributed by atoms with Crippen molar-refractivity contribution >= 4 is 23.7 Å². The van der Waals surface area contributed by atoms with Gasteiger partial charge in [0, 0.05) is 19.3 Å². The molecule has 1 N–H and O–H groups in total. The van der Waals surface area contributed by atoms with Crippen LogP contribution in [0.5, 0.6) is 0 Å². The van der Waals surface area contributed by atoms with Gasteiger partial charge in [0.2, 0.25) is 0 Å². The Hall–Kier alpha value is -0.940. The van der Waals surface area contributed by atoms with Crippen LogP contribution < -0.4 is 5.32 Å². The van der Waals surface area contributed by atoms with Gasteiger partial charge in [-0.05, 0) is 36.6 Å². The van der Waals surface area contributed by atoms with Gasteiger partial charge in [-0.2, -0.15) is 0 Å². The molecule has 1 aliphatic rings. The Bertz CT molecular complexity index is 545. The van der Waals surface area contributed by atoms with Crippen molar-refractivity contribution in [3.8, 4) is 10.4 Å². The Morgan fingerprint density at radius 2 is 2.35 bits per heavy atom. The normalized spacial score (nSPS) is 17.9. The van der Waals surface area contributed by atoms with E-state index in [9.17, 15) is 0 Å². The van der Waals surface area contributed by atoms with Gasteiger partial charge >= 0.3 is 0 Å². The van der Waals surface area contributed by atoms with Crippen LogP contribution in [0, 0.1) is 0 Å². The van der Waals surface area contributed by atoms with Crippen molar-refractivity contribution < 1.29 is 4.74 Å². The van der Waals surface area contributed by atoms with Crippen LogP contribution in [0.4, 0.5) is 0 Å². The summed E-state index contributed by atoms with van der Waals surface area (Å²) >= 11 is 1.70. The molecule has 108 valence electrons. The van der Waals surface area contributed by atoms with E-state index in [0.717, 1.165) is 26.0 Å². The van der Waals surface area contributed by atoms with Crippen molar-refractivity contribution in [2.75, 3.05) is 20.2 Å². The molecule has 2 heterocycles. The first-order chi connectivity index (χ1) is 9.40. The smallest absolute Gasteiger partial charge is 0.0951 e. The highest BCUT2D eigenvalue weighted by molar-refractivity contribution is 7.13. The zero-order valence-corrected chi connectivity index (χ0v) is 13.1. The van der Waals surface area contributed by atoms with Gasteiger partial charge in [0.1, 0.15) is 0 Å². The van der Waals surface area contributed by atoms with Crippen LogP contribution in [0.15, 0.2) is 29.9 Å². The van der Waals surface area contributed by atoms with Gasteiger partial charge in [0.25, 0.3) is 0 Å². The minimum Gasteiger partial charge on any atom is -0.372 e. The molecule has 1 aromatic heterocycles. The summed E-state index contributed by atoms with van der Waals surface area (Å²) in [4.78, 5) is 5.45. The van der Waals surface area contributed by atoms with E-state index in [1.54, 1.807) is 11.3 Å². The van der Waals surface area contributed by atoms with Crippen molar-refractivity contribution in [2.45, 2.75) is 18.9 Å². The van der Waals surface area contributed by atoms with Gasteiger partial charge < -0.3 is 10.1 Å². The highest BCUT2D eigenvalue weighted by Gasteiger charge is 2.21. The summed E-state index contributed by atoms with van der Waals surface area (Å²) in [5.41, 5.74) is 5.99. The molecule has 0 saturated heterocycles. The summed E-state index contributed by atoms with van der Waals surface area (Å²) in [6, 6.07) is 6.53. The van der Waals surface area contributed by atoms with Gasteiger partial charge in [-0.25, -0.2) is 0 Å². The third-order valence-electron chi connectivity index (χ3n) is 3.54. The summed E-state index contributed by atoms with van der Waals surface area (Å²) in [7, 11) is 1.97. The minimum absolute atomic E-state index is 0. The predicted molar refractivity (Wildman–Crippen MR) is 85.7 cm³/mol. The van der Waals surface area contributed by atoms with Gasteiger partial charge in [0.05, 0.1) is 16.5 Å². The molecule has 1 aromatic carbocycles. The Kier molecular flexibility index (Phi) is 5.54. The Labute approximate surface area is 129 Å². The van der Waals surface area contributed by atoms with E-state index in [1.807, 2.05) is 18.8 Å². The molecule has 20 heavy (non-hydrogen) atoms. The zero-order chi connectivity index (χ0) is 13.1. The first kappa shape index (κ1) is 15.4. The number of ether oxygens (including phenoxy) is 1. The lowest BCUT2D eigenvalue weighted by Crippen LogP contribution is -2.19. The second-order valence-corrected chi connectivity index (χ2v) is 5.65. The SMILES string of the molecule is CNC[C@@H]1OCCCc2c(-c3cncs3)cccc21.Cl. The van der Waals surface area contributed by atoms with Crippen LogP contribution in [0.25, 0.3) is 10.4 Å². The summed E-state index contributed by atoms with van der Waals surface area (Å²) in [5.74, 6) is 0. The van der Waals surface area contributed by atoms with Crippen molar-refractivity contribution in [1.29, 1.82) is 0 Å². The Morgan fingerprint density at radius 3 is 3.10 bits per heavy atom. The number of thiazole rings is 1. The zero-order valence-electron chi connectivity index (χ0n) is 11.5. The molecule has 5 heteroatoms. The lowest BCUT2D eigenvalue weighted by atomic mass is 9.94. The lowest BCUT2D eigenvalue weighted by molar-refractivity contribution is 0.0579. The first-order valence-corrected chi connectivity index (χ1v) is 7.55. The summed E-state index contributed by atoms with van der Waals surface area (Å²) in [5, 5.41) is 3.23. The minimum atomic E-state index is 0. The molecular weight excluding hydrogens is 292 g/mol. The van der Waals surface area contributed by atoms with Crippen molar-refractivity contribution in [2.24, 2.45) is 0 Å². The maximum Gasteiger partial charge on any atom is 0.0951 e. The van der Waals surface area contributed by atoms with E-state index in [1.165, 1.54) is 21.6 Å². The molecule has 0 aliphatic carbocycles. The molecule has 3 nitrogen and oxygen atoms in total. The van der Waals surface area contributed by atoms with Crippen molar-refractivity contribution in [1.82, 2.24) is 10.3 Å². The second kappa shape index (κ2) is 7.18. The van der Waals surface area contributed by atoms with Crippen LogP contribution in [0.1, 0.15) is 23.7 Å². The number of nitrogens with zero attached hydrogens (tertiary/aromatic N) is 1. The third-order valence-corrected chi connectivity index (χ3v) is 4.34. The van der Waals surface area contributed by atoms with E-state index in [4.69, 9.17) is 4.74 Å². The number of halogens is 1. The third kappa shape index (κ3) is 3.04. The summed E-state index contributed by atoms with van der Waals surface area (Å²) < 4.78 is 5.97. The highest BCUT2D eigenvalue weighted by atomic mass is 35.5. The summed E-state index contributed by atoms with van der Waals surface area (Å²) in [6.07, 6.45) is 4.29. The molecule has 1 atom stereocenters. The molecule has 0 amide bonds.